The number of benzene rings is 1. The third kappa shape index (κ3) is 3.04. The van der Waals surface area contributed by atoms with Gasteiger partial charge in [0, 0.05) is 18.7 Å². The Balaban J connectivity index is 1.72. The van der Waals surface area contributed by atoms with Crippen molar-refractivity contribution in [3.05, 3.63) is 29.8 Å². The van der Waals surface area contributed by atoms with E-state index in [4.69, 9.17) is 9.47 Å². The molecule has 3 rings (SSSR count). The fourth-order valence-electron chi connectivity index (χ4n) is 3.12. The monoisotopic (exact) mass is 290 g/mol. The lowest BCUT2D eigenvalue weighted by molar-refractivity contribution is -0.128. The molecule has 0 saturated carbocycles. The van der Waals surface area contributed by atoms with Crippen molar-refractivity contribution in [2.45, 2.75) is 31.5 Å². The van der Waals surface area contributed by atoms with Gasteiger partial charge in [0.05, 0.1) is 19.8 Å². The predicted octanol–water partition coefficient (Wildman–Crippen LogP) is 1.69. The van der Waals surface area contributed by atoms with Gasteiger partial charge in [0.1, 0.15) is 11.9 Å². The third-order valence-corrected chi connectivity index (χ3v) is 4.23. The molecule has 2 fully saturated rings. The molecule has 0 aromatic heterocycles. The van der Waals surface area contributed by atoms with Gasteiger partial charge in [-0.15, -0.1) is 0 Å². The summed E-state index contributed by atoms with van der Waals surface area (Å²) in [5.74, 6) is 0.954. The minimum Gasteiger partial charge on any atom is -0.496 e. The molecule has 1 aromatic rings. The molecule has 1 aromatic carbocycles. The second-order valence-electron chi connectivity index (χ2n) is 5.54. The van der Waals surface area contributed by atoms with Gasteiger partial charge < -0.3 is 14.4 Å². The smallest absolute Gasteiger partial charge is 0.238 e. The quantitative estimate of drug-likeness (QED) is 0.896. The van der Waals surface area contributed by atoms with Gasteiger partial charge in [0.25, 0.3) is 0 Å². The molecule has 21 heavy (non-hydrogen) atoms. The van der Waals surface area contributed by atoms with E-state index in [0.717, 1.165) is 43.7 Å². The summed E-state index contributed by atoms with van der Waals surface area (Å²) >= 11 is 0. The second-order valence-corrected chi connectivity index (χ2v) is 5.54. The fourth-order valence-corrected chi connectivity index (χ4v) is 3.12. The molecule has 2 aliphatic rings. The Kier molecular flexibility index (Phi) is 4.41. The van der Waals surface area contributed by atoms with Crippen LogP contribution < -0.4 is 10.1 Å². The van der Waals surface area contributed by atoms with Gasteiger partial charge in [0.15, 0.2) is 0 Å². The lowest BCUT2D eigenvalue weighted by Crippen LogP contribution is -2.33. The van der Waals surface area contributed by atoms with Crippen LogP contribution in [0.2, 0.25) is 0 Å². The highest BCUT2D eigenvalue weighted by Crippen LogP contribution is 2.30. The van der Waals surface area contributed by atoms with E-state index in [-0.39, 0.29) is 12.1 Å². The summed E-state index contributed by atoms with van der Waals surface area (Å²) in [5, 5.41) is 3.28. The van der Waals surface area contributed by atoms with Crippen LogP contribution in [0.3, 0.4) is 0 Å². The standard InChI is InChI=1S/C16H22N2O3/c1-20-14-7-3-2-6-13(14)16-17-11-15(19)18(16)9-8-12-5-4-10-21-12/h2-3,6-7,12,16-17H,4-5,8-11H2,1H3. The average molecular weight is 290 g/mol. The predicted molar refractivity (Wildman–Crippen MR) is 79.0 cm³/mol. The Labute approximate surface area is 125 Å². The van der Waals surface area contributed by atoms with E-state index >= 15 is 0 Å². The molecule has 1 N–H and O–H groups in total. The molecule has 2 saturated heterocycles. The van der Waals surface area contributed by atoms with Crippen molar-refractivity contribution >= 4 is 5.91 Å². The normalized spacial score (nSPS) is 25.6. The van der Waals surface area contributed by atoms with Gasteiger partial charge in [0.2, 0.25) is 5.91 Å². The number of rotatable bonds is 5. The van der Waals surface area contributed by atoms with Gasteiger partial charge in [-0.3, -0.25) is 10.1 Å². The summed E-state index contributed by atoms with van der Waals surface area (Å²) in [6, 6.07) is 7.85. The third-order valence-electron chi connectivity index (χ3n) is 4.23. The molecule has 0 aliphatic carbocycles. The molecule has 5 nitrogen and oxygen atoms in total. The van der Waals surface area contributed by atoms with Gasteiger partial charge >= 0.3 is 0 Å². The molecule has 2 atom stereocenters. The zero-order valence-electron chi connectivity index (χ0n) is 12.4. The Bertz CT molecular complexity index is 500. The first-order chi connectivity index (χ1) is 10.3. The molecule has 1 amide bonds. The highest BCUT2D eigenvalue weighted by atomic mass is 16.5. The molecular weight excluding hydrogens is 268 g/mol. The Morgan fingerprint density at radius 2 is 2.29 bits per heavy atom. The second kappa shape index (κ2) is 6.45. The topological polar surface area (TPSA) is 50.8 Å². The Morgan fingerprint density at radius 1 is 1.43 bits per heavy atom. The first-order valence-electron chi connectivity index (χ1n) is 7.57. The average Bonchev–Trinajstić information content (AvgIpc) is 3.15. The minimum absolute atomic E-state index is 0.102. The van der Waals surface area contributed by atoms with Gasteiger partial charge in [-0.1, -0.05) is 18.2 Å². The number of nitrogens with one attached hydrogen (secondary N) is 1. The minimum atomic E-state index is -0.102. The van der Waals surface area contributed by atoms with Crippen molar-refractivity contribution in [2.24, 2.45) is 0 Å². The summed E-state index contributed by atoms with van der Waals surface area (Å²) in [5.41, 5.74) is 1.01. The molecular formula is C16H22N2O3. The molecule has 2 aliphatic heterocycles. The first-order valence-corrected chi connectivity index (χ1v) is 7.57. The number of methoxy groups -OCH3 is 1. The Hall–Kier alpha value is -1.59. The highest BCUT2D eigenvalue weighted by Gasteiger charge is 2.33. The summed E-state index contributed by atoms with van der Waals surface area (Å²) < 4.78 is 11.1. The number of carbonyl (C=O) groups is 1. The van der Waals surface area contributed by atoms with Crippen LogP contribution in [-0.2, 0) is 9.53 Å². The van der Waals surface area contributed by atoms with Crippen molar-refractivity contribution in [3.8, 4) is 5.75 Å². The van der Waals surface area contributed by atoms with E-state index in [1.165, 1.54) is 0 Å². The number of nitrogens with zero attached hydrogens (tertiary/aromatic N) is 1. The maximum Gasteiger partial charge on any atom is 0.238 e. The summed E-state index contributed by atoms with van der Waals surface area (Å²) in [4.78, 5) is 14.0. The van der Waals surface area contributed by atoms with Gasteiger partial charge in [-0.25, -0.2) is 0 Å². The zero-order valence-corrected chi connectivity index (χ0v) is 12.4. The van der Waals surface area contributed by atoms with Crippen LogP contribution >= 0.6 is 0 Å². The number of hydrogen-bond donors (Lipinski definition) is 1. The molecule has 5 heteroatoms. The number of carbonyl (C=O) groups excluding carboxylic acids is 1. The van der Waals surface area contributed by atoms with E-state index < -0.39 is 0 Å². The van der Waals surface area contributed by atoms with Crippen molar-refractivity contribution in [1.82, 2.24) is 10.2 Å². The van der Waals surface area contributed by atoms with E-state index in [1.807, 2.05) is 29.2 Å². The summed E-state index contributed by atoms with van der Waals surface area (Å²) in [6.07, 6.45) is 3.34. The van der Waals surface area contributed by atoms with Crippen LogP contribution in [-0.4, -0.2) is 43.7 Å². The van der Waals surface area contributed by atoms with Crippen LogP contribution in [0.5, 0.6) is 5.75 Å². The van der Waals surface area contributed by atoms with Crippen LogP contribution in [0, 0.1) is 0 Å². The fraction of sp³-hybridized carbons (Fsp3) is 0.562. The highest BCUT2D eigenvalue weighted by molar-refractivity contribution is 5.81. The van der Waals surface area contributed by atoms with E-state index in [1.54, 1.807) is 7.11 Å². The maximum atomic E-state index is 12.1. The van der Waals surface area contributed by atoms with Crippen LogP contribution in [0.15, 0.2) is 24.3 Å². The molecule has 2 unspecified atom stereocenters. The number of hydrogen-bond acceptors (Lipinski definition) is 4. The van der Waals surface area contributed by atoms with Gasteiger partial charge in [-0.05, 0) is 25.3 Å². The van der Waals surface area contributed by atoms with Crippen molar-refractivity contribution in [2.75, 3.05) is 26.8 Å². The molecule has 0 radical (unpaired) electrons. The summed E-state index contributed by atoms with van der Waals surface area (Å²) in [6.45, 7) is 1.96. The van der Waals surface area contributed by atoms with Crippen molar-refractivity contribution in [3.63, 3.8) is 0 Å². The van der Waals surface area contributed by atoms with Crippen LogP contribution in [0.1, 0.15) is 31.0 Å². The first kappa shape index (κ1) is 14.4. The molecule has 114 valence electrons. The summed E-state index contributed by atoms with van der Waals surface area (Å²) in [7, 11) is 1.66. The lowest BCUT2D eigenvalue weighted by atomic mass is 10.1. The molecule has 0 bridgehead atoms. The number of ether oxygens (including phenoxy) is 2. The number of para-hydroxylation sites is 1. The van der Waals surface area contributed by atoms with Crippen molar-refractivity contribution in [1.29, 1.82) is 0 Å². The zero-order chi connectivity index (χ0) is 14.7. The van der Waals surface area contributed by atoms with E-state index in [2.05, 4.69) is 5.32 Å². The van der Waals surface area contributed by atoms with Crippen molar-refractivity contribution < 1.29 is 14.3 Å². The SMILES string of the molecule is COc1ccccc1C1NCC(=O)N1CCC1CCCO1. The Morgan fingerprint density at radius 3 is 3.05 bits per heavy atom. The largest absolute Gasteiger partial charge is 0.496 e. The number of amides is 1. The van der Waals surface area contributed by atoms with Crippen LogP contribution in [0.25, 0.3) is 0 Å². The van der Waals surface area contributed by atoms with Crippen LogP contribution in [0.4, 0.5) is 0 Å². The molecule has 2 heterocycles. The van der Waals surface area contributed by atoms with Gasteiger partial charge in [-0.2, -0.15) is 0 Å². The van der Waals surface area contributed by atoms with E-state index in [9.17, 15) is 4.79 Å². The van der Waals surface area contributed by atoms with E-state index in [0.29, 0.717) is 12.6 Å². The maximum absolute atomic E-state index is 12.1. The molecule has 0 spiro atoms. The lowest BCUT2D eigenvalue weighted by Gasteiger charge is -2.26.